The maximum Gasteiger partial charge on any atom is 0.233 e. The molecule has 2 saturated heterocycles. The van der Waals surface area contributed by atoms with Crippen molar-refractivity contribution >= 4 is 17.7 Å². The van der Waals surface area contributed by atoms with Crippen molar-refractivity contribution in [1.29, 1.82) is 0 Å². The van der Waals surface area contributed by atoms with Gasteiger partial charge in [0, 0.05) is 44.2 Å². The molecule has 23 heavy (non-hydrogen) atoms. The van der Waals surface area contributed by atoms with Crippen LogP contribution in [0.4, 0.5) is 0 Å². The minimum Gasteiger partial charge on any atom is -0.377 e. The molecule has 2 heterocycles. The predicted octanol–water partition coefficient (Wildman–Crippen LogP) is 2.41. The van der Waals surface area contributed by atoms with E-state index in [2.05, 4.69) is 36.1 Å². The zero-order valence-electron chi connectivity index (χ0n) is 13.9. The van der Waals surface area contributed by atoms with Crippen LogP contribution in [0.3, 0.4) is 0 Å². The van der Waals surface area contributed by atoms with Crippen LogP contribution in [-0.4, -0.2) is 66.9 Å². The maximum atomic E-state index is 12.4. The molecule has 0 saturated carbocycles. The quantitative estimate of drug-likeness (QED) is 0.774. The summed E-state index contributed by atoms with van der Waals surface area (Å²) < 4.78 is 5.70. The molecule has 2 aliphatic rings. The van der Waals surface area contributed by atoms with Crippen LogP contribution in [0.1, 0.15) is 18.4 Å². The fourth-order valence-corrected chi connectivity index (χ4v) is 3.93. The second-order valence-electron chi connectivity index (χ2n) is 6.42. The Hall–Kier alpha value is -1.04. The molecule has 1 aromatic rings. The van der Waals surface area contributed by atoms with Gasteiger partial charge in [-0.3, -0.25) is 9.69 Å². The monoisotopic (exact) mass is 334 g/mol. The van der Waals surface area contributed by atoms with Crippen molar-refractivity contribution in [2.75, 3.05) is 45.1 Å². The number of piperazine rings is 1. The van der Waals surface area contributed by atoms with Gasteiger partial charge < -0.3 is 9.64 Å². The summed E-state index contributed by atoms with van der Waals surface area (Å²) in [5, 5.41) is 0. The summed E-state index contributed by atoms with van der Waals surface area (Å²) in [4.78, 5) is 18.0. The number of nitrogens with zero attached hydrogens (tertiary/aromatic N) is 2. The van der Waals surface area contributed by atoms with Crippen molar-refractivity contribution in [3.8, 4) is 0 Å². The average molecular weight is 334 g/mol. The highest BCUT2D eigenvalue weighted by atomic mass is 32.2. The molecule has 1 unspecified atom stereocenters. The number of thioether (sulfide) groups is 1. The van der Waals surface area contributed by atoms with Gasteiger partial charge in [-0.05, 0) is 31.9 Å². The van der Waals surface area contributed by atoms with Crippen LogP contribution >= 0.6 is 11.8 Å². The maximum absolute atomic E-state index is 12.4. The molecule has 5 heteroatoms. The summed E-state index contributed by atoms with van der Waals surface area (Å²) in [7, 11) is 0. The Balaban J connectivity index is 1.38. The van der Waals surface area contributed by atoms with Gasteiger partial charge in [-0.2, -0.15) is 0 Å². The number of benzene rings is 1. The van der Waals surface area contributed by atoms with Gasteiger partial charge in [-0.15, -0.1) is 11.8 Å². The number of ether oxygens (including phenoxy) is 1. The molecule has 0 aromatic heterocycles. The topological polar surface area (TPSA) is 32.8 Å². The second-order valence-corrected chi connectivity index (χ2v) is 7.47. The normalized spacial score (nSPS) is 22.5. The minimum atomic E-state index is 0.257. The number of rotatable bonds is 5. The molecular weight excluding hydrogens is 308 g/mol. The third-order valence-corrected chi connectivity index (χ3v) is 5.59. The third kappa shape index (κ3) is 4.96. The summed E-state index contributed by atoms with van der Waals surface area (Å²) in [6.07, 6.45) is 2.79. The molecule has 0 bridgehead atoms. The fourth-order valence-electron chi connectivity index (χ4n) is 3.13. The van der Waals surface area contributed by atoms with Gasteiger partial charge in [-0.25, -0.2) is 0 Å². The Labute approximate surface area is 143 Å². The first-order valence-electron chi connectivity index (χ1n) is 8.52. The first-order valence-corrected chi connectivity index (χ1v) is 9.50. The number of carbonyl (C=O) groups is 1. The van der Waals surface area contributed by atoms with E-state index in [1.165, 1.54) is 23.3 Å². The number of aryl methyl sites for hydroxylation is 1. The van der Waals surface area contributed by atoms with Crippen LogP contribution in [0, 0.1) is 6.92 Å². The molecule has 2 aliphatic heterocycles. The van der Waals surface area contributed by atoms with Crippen molar-refractivity contribution in [2.24, 2.45) is 0 Å². The highest BCUT2D eigenvalue weighted by molar-refractivity contribution is 8.00. The van der Waals surface area contributed by atoms with Gasteiger partial charge in [0.05, 0.1) is 11.9 Å². The van der Waals surface area contributed by atoms with Crippen LogP contribution in [0.15, 0.2) is 29.2 Å². The molecule has 3 rings (SSSR count). The lowest BCUT2D eigenvalue weighted by atomic mass is 10.2. The highest BCUT2D eigenvalue weighted by Gasteiger charge is 2.24. The number of carbonyl (C=O) groups excluding carboxylic acids is 1. The van der Waals surface area contributed by atoms with E-state index < -0.39 is 0 Å². The molecule has 0 aliphatic carbocycles. The van der Waals surface area contributed by atoms with E-state index >= 15 is 0 Å². The van der Waals surface area contributed by atoms with E-state index in [1.54, 1.807) is 11.8 Å². The van der Waals surface area contributed by atoms with Crippen molar-refractivity contribution in [3.63, 3.8) is 0 Å². The lowest BCUT2D eigenvalue weighted by Crippen LogP contribution is -2.50. The molecule has 126 valence electrons. The predicted molar refractivity (Wildman–Crippen MR) is 93.9 cm³/mol. The Kier molecular flexibility index (Phi) is 5.97. The fraction of sp³-hybridized carbons (Fsp3) is 0.611. The van der Waals surface area contributed by atoms with Gasteiger partial charge in [-0.1, -0.05) is 17.7 Å². The molecule has 0 radical (unpaired) electrons. The van der Waals surface area contributed by atoms with Gasteiger partial charge in [0.15, 0.2) is 0 Å². The van der Waals surface area contributed by atoms with Crippen molar-refractivity contribution < 1.29 is 9.53 Å². The SMILES string of the molecule is Cc1ccc(SCC(=O)N2CCN(CC3CCCO3)CC2)cc1. The van der Waals surface area contributed by atoms with Gasteiger partial charge in [0.25, 0.3) is 0 Å². The van der Waals surface area contributed by atoms with Gasteiger partial charge in [0.2, 0.25) is 5.91 Å². The average Bonchev–Trinajstić information content (AvgIpc) is 3.08. The summed E-state index contributed by atoms with van der Waals surface area (Å²) in [5.74, 6) is 0.793. The van der Waals surface area contributed by atoms with Gasteiger partial charge >= 0.3 is 0 Å². The second kappa shape index (κ2) is 8.18. The molecule has 1 amide bonds. The molecule has 0 spiro atoms. The smallest absolute Gasteiger partial charge is 0.233 e. The molecule has 1 aromatic carbocycles. The number of hydrogen-bond donors (Lipinski definition) is 0. The lowest BCUT2D eigenvalue weighted by Gasteiger charge is -2.35. The Morgan fingerprint density at radius 1 is 1.22 bits per heavy atom. The van der Waals surface area contributed by atoms with E-state index in [0.29, 0.717) is 11.9 Å². The van der Waals surface area contributed by atoms with Crippen LogP contribution in [0.5, 0.6) is 0 Å². The van der Waals surface area contributed by atoms with E-state index in [9.17, 15) is 4.79 Å². The lowest BCUT2D eigenvalue weighted by molar-refractivity contribution is -0.130. The molecule has 0 N–H and O–H groups in total. The third-order valence-electron chi connectivity index (χ3n) is 4.59. The summed E-state index contributed by atoms with van der Waals surface area (Å²) in [6, 6.07) is 8.37. The number of amides is 1. The molecule has 2 fully saturated rings. The molecule has 1 atom stereocenters. The van der Waals surface area contributed by atoms with E-state index in [4.69, 9.17) is 4.74 Å². The first-order chi connectivity index (χ1) is 11.2. The van der Waals surface area contributed by atoms with Crippen molar-refractivity contribution in [1.82, 2.24) is 9.80 Å². The van der Waals surface area contributed by atoms with E-state index in [0.717, 1.165) is 39.3 Å². The highest BCUT2D eigenvalue weighted by Crippen LogP contribution is 2.19. The molecular formula is C18H26N2O2S. The standard InChI is InChI=1S/C18H26N2O2S/c1-15-4-6-17(7-5-15)23-14-18(21)20-10-8-19(9-11-20)13-16-3-2-12-22-16/h4-7,16H,2-3,8-14H2,1H3. The van der Waals surface area contributed by atoms with Crippen molar-refractivity contribution in [2.45, 2.75) is 30.8 Å². The Morgan fingerprint density at radius 2 is 1.96 bits per heavy atom. The van der Waals surface area contributed by atoms with E-state index in [-0.39, 0.29) is 5.91 Å². The van der Waals surface area contributed by atoms with E-state index in [1.807, 2.05) is 4.90 Å². The summed E-state index contributed by atoms with van der Waals surface area (Å²) in [5.41, 5.74) is 1.25. The zero-order valence-corrected chi connectivity index (χ0v) is 14.7. The summed E-state index contributed by atoms with van der Waals surface area (Å²) >= 11 is 1.63. The van der Waals surface area contributed by atoms with Crippen LogP contribution in [0.25, 0.3) is 0 Å². The molecule has 4 nitrogen and oxygen atoms in total. The first kappa shape index (κ1) is 16.8. The summed E-state index contributed by atoms with van der Waals surface area (Å²) in [6.45, 7) is 7.66. The van der Waals surface area contributed by atoms with Crippen LogP contribution in [-0.2, 0) is 9.53 Å². The van der Waals surface area contributed by atoms with Crippen LogP contribution in [0.2, 0.25) is 0 Å². The van der Waals surface area contributed by atoms with Gasteiger partial charge in [0.1, 0.15) is 0 Å². The Morgan fingerprint density at radius 3 is 2.61 bits per heavy atom. The largest absolute Gasteiger partial charge is 0.377 e. The number of hydrogen-bond acceptors (Lipinski definition) is 4. The van der Waals surface area contributed by atoms with Crippen molar-refractivity contribution in [3.05, 3.63) is 29.8 Å². The zero-order chi connectivity index (χ0) is 16.1. The van der Waals surface area contributed by atoms with Crippen LogP contribution < -0.4 is 0 Å². The minimum absolute atomic E-state index is 0.257. The Bertz CT molecular complexity index is 506.